The Morgan fingerprint density at radius 2 is 2.35 bits per heavy atom. The van der Waals surface area contributed by atoms with Gasteiger partial charge in [-0.15, -0.1) is 0 Å². The highest BCUT2D eigenvalue weighted by Crippen LogP contribution is 2.15. The molecular formula is C12H16O5. The van der Waals surface area contributed by atoms with E-state index >= 15 is 0 Å². The van der Waals surface area contributed by atoms with Gasteiger partial charge in [0.15, 0.2) is 0 Å². The Morgan fingerprint density at radius 1 is 1.59 bits per heavy atom. The third-order valence-corrected chi connectivity index (χ3v) is 2.16. The summed E-state index contributed by atoms with van der Waals surface area (Å²) in [6, 6.07) is 0. The first-order valence-electron chi connectivity index (χ1n) is 5.56. The fraction of sp³-hybridized carbons (Fsp3) is 0.500. The van der Waals surface area contributed by atoms with Crippen LogP contribution in [-0.4, -0.2) is 30.3 Å². The lowest BCUT2D eigenvalue weighted by Gasteiger charge is -2.13. The number of carboxylic acid groups (broad SMARTS) is 1. The van der Waals surface area contributed by atoms with Gasteiger partial charge >= 0.3 is 11.9 Å². The van der Waals surface area contributed by atoms with Gasteiger partial charge in [0.05, 0.1) is 25.2 Å². The molecule has 0 atom stereocenters. The van der Waals surface area contributed by atoms with Crippen LogP contribution in [0.2, 0.25) is 0 Å². The fourth-order valence-electron chi connectivity index (χ4n) is 1.42. The predicted octanol–water partition coefficient (Wildman–Crippen LogP) is 1.64. The van der Waals surface area contributed by atoms with Crippen molar-refractivity contribution in [2.75, 3.05) is 13.2 Å². The zero-order valence-corrected chi connectivity index (χ0v) is 9.77. The molecule has 17 heavy (non-hydrogen) atoms. The molecule has 1 heterocycles. The van der Waals surface area contributed by atoms with E-state index in [-0.39, 0.29) is 18.6 Å². The maximum Gasteiger partial charge on any atom is 0.334 e. The molecule has 5 heteroatoms. The molecule has 5 nitrogen and oxygen atoms in total. The second kappa shape index (κ2) is 6.73. The summed E-state index contributed by atoms with van der Waals surface area (Å²) in [5.74, 6) is -1.13. The summed E-state index contributed by atoms with van der Waals surface area (Å²) < 4.78 is 10.1. The minimum atomic E-state index is -1.07. The van der Waals surface area contributed by atoms with Crippen LogP contribution in [0.15, 0.2) is 23.5 Å². The van der Waals surface area contributed by atoms with Crippen molar-refractivity contribution in [1.82, 2.24) is 0 Å². The molecule has 0 fully saturated rings. The summed E-state index contributed by atoms with van der Waals surface area (Å²) in [4.78, 5) is 22.2. The Hall–Kier alpha value is -1.78. The van der Waals surface area contributed by atoms with Crippen molar-refractivity contribution < 1.29 is 24.2 Å². The lowest BCUT2D eigenvalue weighted by atomic mass is 10.1. The molecule has 94 valence electrons. The van der Waals surface area contributed by atoms with E-state index in [4.69, 9.17) is 14.6 Å². The molecule has 1 aliphatic rings. The van der Waals surface area contributed by atoms with Crippen molar-refractivity contribution in [3.8, 4) is 0 Å². The number of carboxylic acids is 1. The lowest BCUT2D eigenvalue weighted by molar-refractivity contribution is -0.142. The minimum Gasteiger partial charge on any atom is -0.494 e. The monoisotopic (exact) mass is 240 g/mol. The van der Waals surface area contributed by atoms with E-state index in [1.807, 2.05) is 6.08 Å². The van der Waals surface area contributed by atoms with Crippen molar-refractivity contribution in [3.63, 3.8) is 0 Å². The number of ether oxygens (including phenoxy) is 2. The molecule has 0 aromatic carbocycles. The van der Waals surface area contributed by atoms with E-state index in [1.165, 1.54) is 6.08 Å². The number of carbonyl (C=O) groups excluding carboxylic acids is 1. The molecule has 0 saturated heterocycles. The number of esters is 1. The summed E-state index contributed by atoms with van der Waals surface area (Å²) in [6.07, 6.45) is 4.73. The molecule has 1 N–H and O–H groups in total. The van der Waals surface area contributed by atoms with Crippen LogP contribution in [0.3, 0.4) is 0 Å². The first kappa shape index (κ1) is 13.3. The zero-order valence-electron chi connectivity index (χ0n) is 9.77. The lowest BCUT2D eigenvalue weighted by Crippen LogP contribution is -2.12. The van der Waals surface area contributed by atoms with Gasteiger partial charge < -0.3 is 14.6 Å². The number of allylic oxidation sites excluding steroid dienone is 2. The van der Waals surface area contributed by atoms with Gasteiger partial charge in [-0.25, -0.2) is 4.79 Å². The highest BCUT2D eigenvalue weighted by Gasteiger charge is 2.16. The van der Waals surface area contributed by atoms with Crippen LogP contribution >= 0.6 is 0 Å². The molecule has 0 radical (unpaired) electrons. The van der Waals surface area contributed by atoms with Crippen molar-refractivity contribution in [2.24, 2.45) is 0 Å². The number of aliphatic carboxylic acids is 1. The molecule has 0 aromatic heterocycles. The standard InChI is InChI=1S/C12H16O5/c1-2-16-12(15)9(8-11(13)14)7-10-5-3-4-6-17-10/h5,7H,2-4,6,8H2,1H3,(H,13,14)/b9-7+. The Bertz CT molecular complexity index is 354. The molecule has 0 aliphatic carbocycles. The predicted molar refractivity (Wildman–Crippen MR) is 60.2 cm³/mol. The van der Waals surface area contributed by atoms with Crippen LogP contribution in [0.5, 0.6) is 0 Å². The molecule has 0 unspecified atom stereocenters. The molecule has 1 aliphatic heterocycles. The number of hydrogen-bond donors (Lipinski definition) is 1. The van der Waals surface area contributed by atoms with Crippen LogP contribution in [-0.2, 0) is 19.1 Å². The van der Waals surface area contributed by atoms with Crippen molar-refractivity contribution >= 4 is 11.9 Å². The van der Waals surface area contributed by atoms with E-state index < -0.39 is 11.9 Å². The van der Waals surface area contributed by atoms with E-state index in [0.29, 0.717) is 12.4 Å². The third kappa shape index (κ3) is 4.72. The Morgan fingerprint density at radius 3 is 2.88 bits per heavy atom. The highest BCUT2D eigenvalue weighted by molar-refractivity contribution is 5.93. The Kier molecular flexibility index (Phi) is 5.26. The van der Waals surface area contributed by atoms with E-state index in [2.05, 4.69) is 0 Å². The summed E-state index contributed by atoms with van der Waals surface area (Å²) in [5.41, 5.74) is 0.104. The molecule has 0 bridgehead atoms. The third-order valence-electron chi connectivity index (χ3n) is 2.16. The number of hydrogen-bond acceptors (Lipinski definition) is 4. The number of rotatable bonds is 5. The average Bonchev–Trinajstić information content (AvgIpc) is 2.29. The quantitative estimate of drug-likeness (QED) is 0.584. The normalized spacial score (nSPS) is 15.8. The van der Waals surface area contributed by atoms with Gasteiger partial charge in [-0.3, -0.25) is 4.79 Å². The first-order chi connectivity index (χ1) is 8.13. The zero-order chi connectivity index (χ0) is 12.7. The van der Waals surface area contributed by atoms with Crippen LogP contribution in [0.4, 0.5) is 0 Å². The van der Waals surface area contributed by atoms with Gasteiger partial charge in [0, 0.05) is 0 Å². The molecule has 0 amide bonds. The maximum atomic E-state index is 11.5. The van der Waals surface area contributed by atoms with Crippen LogP contribution in [0.1, 0.15) is 26.2 Å². The SMILES string of the molecule is CCOC(=O)/C(=C/C1=CCCCO1)CC(=O)O. The van der Waals surface area contributed by atoms with Gasteiger partial charge in [-0.05, 0) is 31.9 Å². The van der Waals surface area contributed by atoms with Crippen molar-refractivity contribution in [2.45, 2.75) is 26.2 Å². The minimum absolute atomic E-state index is 0.104. The largest absolute Gasteiger partial charge is 0.494 e. The van der Waals surface area contributed by atoms with Crippen LogP contribution < -0.4 is 0 Å². The van der Waals surface area contributed by atoms with Gasteiger partial charge in [-0.2, -0.15) is 0 Å². The smallest absolute Gasteiger partial charge is 0.334 e. The fourth-order valence-corrected chi connectivity index (χ4v) is 1.42. The van der Waals surface area contributed by atoms with Crippen molar-refractivity contribution in [1.29, 1.82) is 0 Å². The van der Waals surface area contributed by atoms with E-state index in [0.717, 1.165) is 12.8 Å². The summed E-state index contributed by atoms with van der Waals surface area (Å²) in [5, 5.41) is 8.72. The van der Waals surface area contributed by atoms with Gasteiger partial charge in [0.25, 0.3) is 0 Å². The molecule has 0 spiro atoms. The second-order valence-electron chi connectivity index (χ2n) is 3.56. The van der Waals surface area contributed by atoms with Crippen molar-refractivity contribution in [3.05, 3.63) is 23.5 Å². The maximum absolute atomic E-state index is 11.5. The van der Waals surface area contributed by atoms with Crippen LogP contribution in [0, 0.1) is 0 Å². The summed E-state index contributed by atoms with van der Waals surface area (Å²) >= 11 is 0. The van der Waals surface area contributed by atoms with Crippen LogP contribution in [0.25, 0.3) is 0 Å². The van der Waals surface area contributed by atoms with Gasteiger partial charge in [0.2, 0.25) is 0 Å². The Balaban J connectivity index is 2.80. The van der Waals surface area contributed by atoms with Gasteiger partial charge in [0.1, 0.15) is 5.76 Å². The second-order valence-corrected chi connectivity index (χ2v) is 3.56. The first-order valence-corrected chi connectivity index (χ1v) is 5.56. The topological polar surface area (TPSA) is 72.8 Å². The Labute approximate surface area is 99.7 Å². The van der Waals surface area contributed by atoms with E-state index in [9.17, 15) is 9.59 Å². The molecular weight excluding hydrogens is 224 g/mol. The summed E-state index contributed by atoms with van der Waals surface area (Å²) in [6.45, 7) is 2.48. The number of carbonyl (C=O) groups is 2. The highest BCUT2D eigenvalue weighted by atomic mass is 16.5. The molecule has 0 aromatic rings. The average molecular weight is 240 g/mol. The van der Waals surface area contributed by atoms with Gasteiger partial charge in [-0.1, -0.05) is 0 Å². The molecule has 1 rings (SSSR count). The summed E-state index contributed by atoms with van der Waals surface area (Å²) in [7, 11) is 0. The van der Waals surface area contributed by atoms with E-state index in [1.54, 1.807) is 6.92 Å². The molecule has 0 saturated carbocycles.